The summed E-state index contributed by atoms with van der Waals surface area (Å²) in [5, 5.41) is 0. The highest BCUT2D eigenvalue weighted by atomic mass is 16.5. The van der Waals surface area contributed by atoms with Gasteiger partial charge in [-0.2, -0.15) is 0 Å². The fourth-order valence-electron chi connectivity index (χ4n) is 11.0. The van der Waals surface area contributed by atoms with E-state index in [9.17, 15) is 0 Å². The Morgan fingerprint density at radius 3 is 2.25 bits per heavy atom. The third kappa shape index (κ3) is 2.34. The van der Waals surface area contributed by atoms with Gasteiger partial charge >= 0.3 is 0 Å². The van der Waals surface area contributed by atoms with Crippen molar-refractivity contribution in [3.05, 3.63) is 0 Å². The van der Waals surface area contributed by atoms with E-state index in [0.717, 1.165) is 78.3 Å². The first-order valence-corrected chi connectivity index (χ1v) is 13.0. The summed E-state index contributed by atoms with van der Waals surface area (Å²) in [6.07, 6.45) is 16.1. The smallest absolute Gasteiger partial charge is 0.0609 e. The topological polar surface area (TPSA) is 18.5 Å². The van der Waals surface area contributed by atoms with Gasteiger partial charge in [0.15, 0.2) is 0 Å². The molecule has 0 aromatic heterocycles. The number of hydrogen-bond donors (Lipinski definition) is 0. The van der Waals surface area contributed by atoms with Crippen molar-refractivity contribution < 1.29 is 9.47 Å². The van der Waals surface area contributed by atoms with Crippen LogP contribution in [0.4, 0.5) is 0 Å². The maximum absolute atomic E-state index is 6.69. The molecule has 0 aromatic rings. The van der Waals surface area contributed by atoms with Crippen LogP contribution in [0.15, 0.2) is 0 Å². The number of hydrogen-bond acceptors (Lipinski definition) is 2. The van der Waals surface area contributed by atoms with E-state index in [1.165, 1.54) is 44.9 Å². The molecule has 2 heteroatoms. The fourth-order valence-corrected chi connectivity index (χ4v) is 11.0. The summed E-state index contributed by atoms with van der Waals surface area (Å²) in [5.41, 5.74) is 0. The highest BCUT2D eigenvalue weighted by molar-refractivity contribution is 5.11. The van der Waals surface area contributed by atoms with Gasteiger partial charge in [0.05, 0.1) is 12.2 Å². The molecule has 0 N–H and O–H groups in total. The monoisotopic (exact) mass is 384 g/mol. The Hall–Kier alpha value is -0.0800. The molecule has 7 rings (SSSR count). The van der Waals surface area contributed by atoms with Crippen molar-refractivity contribution in [3.63, 3.8) is 0 Å². The molecule has 156 valence electrons. The Bertz CT molecular complexity index is 618. The van der Waals surface area contributed by atoms with Crippen molar-refractivity contribution in [1.29, 1.82) is 0 Å². The highest BCUT2D eigenvalue weighted by Gasteiger charge is 2.62. The molecule has 6 bridgehead atoms. The van der Waals surface area contributed by atoms with Crippen molar-refractivity contribution in [2.24, 2.45) is 65.1 Å². The van der Waals surface area contributed by atoms with E-state index < -0.39 is 0 Å². The van der Waals surface area contributed by atoms with Crippen molar-refractivity contribution in [2.75, 3.05) is 13.2 Å². The van der Waals surface area contributed by atoms with Gasteiger partial charge in [-0.3, -0.25) is 0 Å². The predicted octanol–water partition coefficient (Wildman–Crippen LogP) is 5.55. The molecule has 0 amide bonds. The number of ether oxygens (including phenoxy) is 2. The average Bonchev–Trinajstić information content (AvgIpc) is 3.50. The summed E-state index contributed by atoms with van der Waals surface area (Å²) in [6.45, 7) is 4.15. The number of rotatable bonds is 6. The SMILES string of the molecule is CCOC1CC2CC1C1C(CCOC3CC4CC3C3C5CCC(C5)C43)CCC21. The van der Waals surface area contributed by atoms with Crippen LogP contribution in [0.3, 0.4) is 0 Å². The molecular formula is C26H40O2. The molecule has 28 heavy (non-hydrogen) atoms. The molecule has 0 heterocycles. The second-order valence-corrected chi connectivity index (χ2v) is 12.0. The van der Waals surface area contributed by atoms with E-state index in [4.69, 9.17) is 9.47 Å². The third-order valence-electron chi connectivity index (χ3n) is 11.5. The van der Waals surface area contributed by atoms with Crippen LogP contribution in [0.25, 0.3) is 0 Å². The maximum Gasteiger partial charge on any atom is 0.0609 e. The minimum atomic E-state index is 0.595. The van der Waals surface area contributed by atoms with Crippen LogP contribution in [-0.2, 0) is 9.47 Å². The quantitative estimate of drug-likeness (QED) is 0.559. The Labute approximate surface area is 171 Å². The molecule has 7 aliphatic carbocycles. The molecule has 0 spiro atoms. The van der Waals surface area contributed by atoms with Gasteiger partial charge in [0, 0.05) is 13.2 Å². The zero-order chi connectivity index (χ0) is 18.4. The molecule has 7 fully saturated rings. The summed E-state index contributed by atoms with van der Waals surface area (Å²) in [7, 11) is 0. The van der Waals surface area contributed by atoms with Gasteiger partial charge in [-0.25, -0.2) is 0 Å². The van der Waals surface area contributed by atoms with E-state index in [1.54, 1.807) is 19.3 Å². The lowest BCUT2D eigenvalue weighted by molar-refractivity contribution is -0.0409. The summed E-state index contributed by atoms with van der Waals surface area (Å²) in [5.74, 6) is 11.3. The van der Waals surface area contributed by atoms with Crippen LogP contribution in [0, 0.1) is 65.1 Å². The molecule has 7 aliphatic rings. The normalized spacial score (nSPS) is 60.1. The highest BCUT2D eigenvalue weighted by Crippen LogP contribution is 2.68. The first kappa shape index (κ1) is 17.6. The van der Waals surface area contributed by atoms with Gasteiger partial charge in [-0.05, 0) is 136 Å². The molecule has 13 unspecified atom stereocenters. The van der Waals surface area contributed by atoms with Gasteiger partial charge in [0.25, 0.3) is 0 Å². The Kier molecular flexibility index (Phi) is 4.06. The lowest BCUT2D eigenvalue weighted by Crippen LogP contribution is -2.37. The van der Waals surface area contributed by atoms with E-state index in [2.05, 4.69) is 6.92 Å². The van der Waals surface area contributed by atoms with Crippen molar-refractivity contribution in [3.8, 4) is 0 Å². The minimum Gasteiger partial charge on any atom is -0.378 e. The van der Waals surface area contributed by atoms with Gasteiger partial charge in [-0.15, -0.1) is 0 Å². The molecule has 0 aromatic carbocycles. The van der Waals surface area contributed by atoms with Crippen LogP contribution in [0.5, 0.6) is 0 Å². The van der Waals surface area contributed by atoms with Crippen LogP contribution < -0.4 is 0 Å². The molecule has 7 saturated carbocycles. The maximum atomic E-state index is 6.69. The van der Waals surface area contributed by atoms with Crippen molar-refractivity contribution in [1.82, 2.24) is 0 Å². The standard InChI is InChI=1S/C26H40O2/c1-2-27-22-12-17-10-20(22)25-14(5-6-19(17)25)7-8-28-23-13-18-11-21(23)26-16-4-3-15(9-16)24(18)26/h14-26H,2-13H2,1H3. The molecule has 2 nitrogen and oxygen atoms in total. The van der Waals surface area contributed by atoms with E-state index in [-0.39, 0.29) is 0 Å². The lowest BCUT2D eigenvalue weighted by Gasteiger charge is -2.39. The second kappa shape index (κ2) is 6.46. The van der Waals surface area contributed by atoms with E-state index in [0.29, 0.717) is 12.2 Å². The predicted molar refractivity (Wildman–Crippen MR) is 110 cm³/mol. The van der Waals surface area contributed by atoms with Crippen LogP contribution in [-0.4, -0.2) is 25.4 Å². The molecule has 0 saturated heterocycles. The first-order valence-electron chi connectivity index (χ1n) is 13.0. The summed E-state index contributed by atoms with van der Waals surface area (Å²) in [6, 6.07) is 0. The third-order valence-corrected chi connectivity index (χ3v) is 11.5. The molecular weight excluding hydrogens is 344 g/mol. The minimum absolute atomic E-state index is 0.595. The van der Waals surface area contributed by atoms with E-state index >= 15 is 0 Å². The molecule has 0 radical (unpaired) electrons. The Balaban J connectivity index is 0.960. The molecule has 0 aliphatic heterocycles. The second-order valence-electron chi connectivity index (χ2n) is 12.0. The van der Waals surface area contributed by atoms with Crippen LogP contribution >= 0.6 is 0 Å². The zero-order valence-corrected chi connectivity index (χ0v) is 17.8. The lowest BCUT2D eigenvalue weighted by atomic mass is 9.70. The number of fused-ring (bicyclic) bond motifs is 14. The van der Waals surface area contributed by atoms with Crippen molar-refractivity contribution in [2.45, 2.75) is 83.3 Å². The average molecular weight is 385 g/mol. The van der Waals surface area contributed by atoms with Gasteiger partial charge < -0.3 is 9.47 Å². The van der Waals surface area contributed by atoms with Gasteiger partial charge in [0.1, 0.15) is 0 Å². The Morgan fingerprint density at radius 1 is 0.607 bits per heavy atom. The Morgan fingerprint density at radius 2 is 1.36 bits per heavy atom. The summed E-state index contributed by atoms with van der Waals surface area (Å²) in [4.78, 5) is 0. The summed E-state index contributed by atoms with van der Waals surface area (Å²) < 4.78 is 12.8. The fraction of sp³-hybridized carbons (Fsp3) is 1.00. The van der Waals surface area contributed by atoms with Gasteiger partial charge in [0.2, 0.25) is 0 Å². The van der Waals surface area contributed by atoms with Crippen LogP contribution in [0.2, 0.25) is 0 Å². The van der Waals surface area contributed by atoms with E-state index in [1.807, 2.05) is 0 Å². The summed E-state index contributed by atoms with van der Waals surface area (Å²) >= 11 is 0. The first-order chi connectivity index (χ1) is 13.8. The zero-order valence-electron chi connectivity index (χ0n) is 17.8. The van der Waals surface area contributed by atoms with Crippen LogP contribution in [0.1, 0.15) is 71.1 Å². The molecule has 13 atom stereocenters. The van der Waals surface area contributed by atoms with Crippen molar-refractivity contribution >= 4 is 0 Å². The largest absolute Gasteiger partial charge is 0.378 e. The van der Waals surface area contributed by atoms with Gasteiger partial charge in [-0.1, -0.05) is 0 Å².